The van der Waals surface area contributed by atoms with Crippen LogP contribution >= 0.6 is 23.4 Å². The standard InChI is InChI=1S/C24H19ClFN5O2S/c25-19-12-6-4-10-17(19)23(33)29-27-21(32)15-34-24-30-28-22(18-11-5-7-13-20(18)26)31(24)14-16-8-2-1-3-9-16/h1-13H,14-15H2,(H,27,32)(H,29,33). The van der Waals surface area contributed by atoms with Crippen molar-refractivity contribution in [1.29, 1.82) is 0 Å². The third-order valence-electron chi connectivity index (χ3n) is 4.78. The molecule has 1 heterocycles. The number of benzene rings is 3. The lowest BCUT2D eigenvalue weighted by Crippen LogP contribution is -2.42. The highest BCUT2D eigenvalue weighted by molar-refractivity contribution is 7.99. The maximum Gasteiger partial charge on any atom is 0.271 e. The molecule has 2 amide bonds. The van der Waals surface area contributed by atoms with Crippen LogP contribution in [0.2, 0.25) is 5.02 Å². The summed E-state index contributed by atoms with van der Waals surface area (Å²) in [5.74, 6) is -1.09. The first-order valence-electron chi connectivity index (χ1n) is 10.2. The van der Waals surface area contributed by atoms with Gasteiger partial charge in [0.15, 0.2) is 11.0 Å². The van der Waals surface area contributed by atoms with Crippen molar-refractivity contribution in [3.63, 3.8) is 0 Å². The molecule has 4 rings (SSSR count). The molecule has 0 spiro atoms. The highest BCUT2D eigenvalue weighted by Crippen LogP contribution is 2.27. The average molecular weight is 496 g/mol. The fourth-order valence-corrected chi connectivity index (χ4v) is 4.11. The van der Waals surface area contributed by atoms with E-state index in [0.717, 1.165) is 17.3 Å². The highest BCUT2D eigenvalue weighted by Gasteiger charge is 2.19. The van der Waals surface area contributed by atoms with Crippen LogP contribution in [0, 0.1) is 5.82 Å². The largest absolute Gasteiger partial charge is 0.297 e. The molecule has 0 fully saturated rings. The SMILES string of the molecule is O=C(CSc1nnc(-c2ccccc2F)n1Cc1ccccc1)NNC(=O)c1ccccc1Cl. The molecule has 7 nitrogen and oxygen atoms in total. The molecular weight excluding hydrogens is 477 g/mol. The maximum absolute atomic E-state index is 14.5. The predicted octanol–water partition coefficient (Wildman–Crippen LogP) is 4.34. The van der Waals surface area contributed by atoms with E-state index in [-0.39, 0.29) is 16.3 Å². The molecule has 2 N–H and O–H groups in total. The van der Waals surface area contributed by atoms with Crippen LogP contribution in [0.5, 0.6) is 0 Å². The second-order valence-electron chi connectivity index (χ2n) is 7.13. The van der Waals surface area contributed by atoms with Crippen LogP contribution in [0.4, 0.5) is 4.39 Å². The number of hydrazine groups is 1. The fraction of sp³-hybridized carbons (Fsp3) is 0.0833. The van der Waals surface area contributed by atoms with Crippen molar-refractivity contribution in [1.82, 2.24) is 25.6 Å². The number of rotatable bonds is 7. The molecule has 172 valence electrons. The number of amides is 2. The van der Waals surface area contributed by atoms with E-state index in [2.05, 4.69) is 21.0 Å². The van der Waals surface area contributed by atoms with Crippen molar-refractivity contribution in [2.24, 2.45) is 0 Å². The van der Waals surface area contributed by atoms with Gasteiger partial charge in [0.1, 0.15) is 5.82 Å². The maximum atomic E-state index is 14.5. The molecule has 0 aliphatic heterocycles. The molecule has 0 saturated heterocycles. The quantitative estimate of drug-likeness (QED) is 0.294. The zero-order chi connectivity index (χ0) is 23.9. The fourth-order valence-electron chi connectivity index (χ4n) is 3.15. The minimum absolute atomic E-state index is 0.0486. The summed E-state index contributed by atoms with van der Waals surface area (Å²) >= 11 is 7.13. The van der Waals surface area contributed by atoms with Crippen molar-refractivity contribution in [2.75, 3.05) is 5.75 Å². The molecule has 34 heavy (non-hydrogen) atoms. The van der Waals surface area contributed by atoms with Crippen LogP contribution in [-0.2, 0) is 11.3 Å². The van der Waals surface area contributed by atoms with Crippen LogP contribution in [-0.4, -0.2) is 32.3 Å². The van der Waals surface area contributed by atoms with E-state index in [1.807, 2.05) is 30.3 Å². The summed E-state index contributed by atoms with van der Waals surface area (Å²) in [6, 6.07) is 22.4. The van der Waals surface area contributed by atoms with Gasteiger partial charge in [-0.1, -0.05) is 78.0 Å². The number of carbonyl (C=O) groups excluding carboxylic acids is 2. The van der Waals surface area contributed by atoms with Crippen LogP contribution < -0.4 is 10.9 Å². The molecule has 10 heteroatoms. The monoisotopic (exact) mass is 495 g/mol. The van der Waals surface area contributed by atoms with Crippen molar-refractivity contribution < 1.29 is 14.0 Å². The van der Waals surface area contributed by atoms with Crippen molar-refractivity contribution in [3.05, 3.63) is 101 Å². The lowest BCUT2D eigenvalue weighted by atomic mass is 10.2. The summed E-state index contributed by atoms with van der Waals surface area (Å²) in [7, 11) is 0. The lowest BCUT2D eigenvalue weighted by molar-refractivity contribution is -0.119. The van der Waals surface area contributed by atoms with Gasteiger partial charge in [-0.25, -0.2) is 4.39 Å². The van der Waals surface area contributed by atoms with Gasteiger partial charge in [-0.15, -0.1) is 10.2 Å². The highest BCUT2D eigenvalue weighted by atomic mass is 35.5. The Morgan fingerprint density at radius 3 is 2.38 bits per heavy atom. The molecule has 0 bridgehead atoms. The minimum atomic E-state index is -0.530. The van der Waals surface area contributed by atoms with Crippen molar-refractivity contribution in [2.45, 2.75) is 11.7 Å². The van der Waals surface area contributed by atoms with E-state index in [0.29, 0.717) is 23.1 Å². The normalized spacial score (nSPS) is 10.6. The molecular formula is C24H19ClFN5O2S. The number of nitrogens with one attached hydrogen (secondary N) is 2. The Balaban J connectivity index is 1.47. The number of nitrogens with zero attached hydrogens (tertiary/aromatic N) is 3. The smallest absolute Gasteiger partial charge is 0.271 e. The summed E-state index contributed by atoms with van der Waals surface area (Å²) in [6.45, 7) is 0.394. The molecule has 1 aromatic heterocycles. The molecule has 0 aliphatic rings. The van der Waals surface area contributed by atoms with Crippen molar-refractivity contribution in [3.8, 4) is 11.4 Å². The average Bonchev–Trinajstić information content (AvgIpc) is 3.24. The van der Waals surface area contributed by atoms with Crippen molar-refractivity contribution >= 4 is 35.2 Å². The Kier molecular flexibility index (Phi) is 7.56. The Morgan fingerprint density at radius 1 is 0.912 bits per heavy atom. The molecule has 0 radical (unpaired) electrons. The first-order valence-corrected chi connectivity index (χ1v) is 11.6. The van der Waals surface area contributed by atoms with Gasteiger partial charge in [0, 0.05) is 0 Å². The first kappa shape index (κ1) is 23.5. The van der Waals surface area contributed by atoms with E-state index >= 15 is 0 Å². The lowest BCUT2D eigenvalue weighted by Gasteiger charge is -2.11. The number of hydrogen-bond donors (Lipinski definition) is 2. The Labute approximate surface area is 204 Å². The molecule has 0 unspecified atom stereocenters. The minimum Gasteiger partial charge on any atom is -0.297 e. The van der Waals surface area contributed by atoms with Gasteiger partial charge < -0.3 is 0 Å². The van der Waals surface area contributed by atoms with E-state index in [4.69, 9.17) is 11.6 Å². The number of hydrogen-bond acceptors (Lipinski definition) is 5. The Morgan fingerprint density at radius 2 is 1.62 bits per heavy atom. The Hall–Kier alpha value is -3.69. The van der Waals surface area contributed by atoms with Gasteiger partial charge >= 0.3 is 0 Å². The zero-order valence-electron chi connectivity index (χ0n) is 17.7. The number of carbonyl (C=O) groups is 2. The molecule has 0 atom stereocenters. The summed E-state index contributed by atoms with van der Waals surface area (Å²) in [5, 5.41) is 9.08. The van der Waals surface area contributed by atoms with Gasteiger partial charge in [0.05, 0.1) is 28.4 Å². The topological polar surface area (TPSA) is 88.9 Å². The van der Waals surface area contributed by atoms with Gasteiger partial charge in [-0.3, -0.25) is 25.0 Å². The van der Waals surface area contributed by atoms with E-state index in [9.17, 15) is 14.0 Å². The second kappa shape index (κ2) is 11.0. The van der Waals surface area contributed by atoms with Crippen LogP contribution in [0.15, 0.2) is 84.0 Å². The third-order valence-corrected chi connectivity index (χ3v) is 6.08. The van der Waals surface area contributed by atoms with Gasteiger partial charge in [-0.05, 0) is 29.8 Å². The van der Waals surface area contributed by atoms with E-state index < -0.39 is 17.6 Å². The first-order chi connectivity index (χ1) is 16.5. The Bertz CT molecular complexity index is 1320. The predicted molar refractivity (Wildman–Crippen MR) is 129 cm³/mol. The summed E-state index contributed by atoms with van der Waals surface area (Å²) in [6.07, 6.45) is 0. The molecule has 0 aliphatic carbocycles. The summed E-state index contributed by atoms with van der Waals surface area (Å²) in [4.78, 5) is 24.6. The summed E-state index contributed by atoms with van der Waals surface area (Å²) < 4.78 is 16.2. The molecule has 4 aromatic rings. The second-order valence-corrected chi connectivity index (χ2v) is 8.48. The van der Waals surface area contributed by atoms with Crippen LogP contribution in [0.25, 0.3) is 11.4 Å². The van der Waals surface area contributed by atoms with Gasteiger partial charge in [-0.2, -0.15) is 0 Å². The van der Waals surface area contributed by atoms with Gasteiger partial charge in [0.2, 0.25) is 5.91 Å². The van der Waals surface area contributed by atoms with E-state index in [1.165, 1.54) is 6.07 Å². The third kappa shape index (κ3) is 5.62. The number of halogens is 2. The summed E-state index contributed by atoms with van der Waals surface area (Å²) in [5.41, 5.74) is 6.23. The number of aromatic nitrogens is 3. The van der Waals surface area contributed by atoms with Gasteiger partial charge in [0.25, 0.3) is 5.91 Å². The zero-order valence-corrected chi connectivity index (χ0v) is 19.3. The molecule has 0 saturated carbocycles. The van der Waals surface area contributed by atoms with E-state index in [1.54, 1.807) is 47.0 Å². The van der Waals surface area contributed by atoms with Crippen LogP contribution in [0.3, 0.4) is 0 Å². The van der Waals surface area contributed by atoms with Crippen LogP contribution in [0.1, 0.15) is 15.9 Å². The number of thioether (sulfide) groups is 1. The molecule has 3 aromatic carbocycles.